The molecule has 0 fully saturated rings. The van der Waals surface area contributed by atoms with Gasteiger partial charge in [-0.3, -0.25) is 0 Å². The van der Waals surface area contributed by atoms with Gasteiger partial charge in [-0.2, -0.15) is 0 Å². The molecule has 2 heteroatoms. The van der Waals surface area contributed by atoms with Crippen LogP contribution in [0.4, 0.5) is 34.1 Å². The van der Waals surface area contributed by atoms with E-state index in [2.05, 4.69) is 270 Å². The maximum atomic E-state index is 2.47. The predicted molar refractivity (Wildman–Crippen MR) is 303 cm³/mol. The molecule has 0 saturated heterocycles. The molecule has 2 nitrogen and oxygen atoms in total. The Morgan fingerprint density at radius 2 is 0.714 bits per heavy atom. The molecule has 0 N–H and O–H groups in total. The first-order chi connectivity index (χ1) is 34.2. The van der Waals surface area contributed by atoms with Crippen LogP contribution in [-0.2, 0) is 0 Å². The van der Waals surface area contributed by atoms with Gasteiger partial charge in [-0.25, -0.2) is 0 Å². The molecule has 0 spiro atoms. The van der Waals surface area contributed by atoms with Crippen molar-refractivity contribution in [2.24, 2.45) is 0 Å². The lowest BCUT2D eigenvalue weighted by atomic mass is 9.83. The molecule has 0 aliphatic carbocycles. The van der Waals surface area contributed by atoms with Crippen LogP contribution in [0.3, 0.4) is 0 Å². The topological polar surface area (TPSA) is 6.48 Å². The number of fused-ring (bicyclic) bond motifs is 6. The van der Waals surface area contributed by atoms with Crippen molar-refractivity contribution in [2.75, 3.05) is 9.80 Å². The molecule has 12 rings (SSSR count). The van der Waals surface area contributed by atoms with E-state index in [0.29, 0.717) is 0 Å². The lowest BCUT2D eigenvalue weighted by molar-refractivity contribution is 1.23. The van der Waals surface area contributed by atoms with Gasteiger partial charge in [0.15, 0.2) is 0 Å². The Morgan fingerprint density at radius 3 is 1.31 bits per heavy atom. The van der Waals surface area contributed by atoms with Gasteiger partial charge in [-0.1, -0.05) is 152 Å². The van der Waals surface area contributed by atoms with E-state index in [4.69, 9.17) is 0 Å². The summed E-state index contributed by atoms with van der Waals surface area (Å²) in [7, 11) is 0. The zero-order valence-electron chi connectivity index (χ0n) is 40.7. The van der Waals surface area contributed by atoms with Gasteiger partial charge in [0.25, 0.3) is 0 Å². The number of hydrogen-bond acceptors (Lipinski definition) is 2. The second-order valence-electron chi connectivity index (χ2n) is 19.4. The van der Waals surface area contributed by atoms with Gasteiger partial charge in [0.2, 0.25) is 0 Å². The Morgan fingerprint density at radius 1 is 0.257 bits per heavy atom. The predicted octanol–water partition coefficient (Wildman–Crippen LogP) is 19.6. The third-order valence-corrected chi connectivity index (χ3v) is 14.4. The highest BCUT2D eigenvalue weighted by Gasteiger charge is 2.24. The zero-order valence-corrected chi connectivity index (χ0v) is 40.7. The van der Waals surface area contributed by atoms with E-state index in [1.165, 1.54) is 121 Å². The van der Waals surface area contributed by atoms with Gasteiger partial charge in [0.1, 0.15) is 0 Å². The maximum absolute atomic E-state index is 2.47. The van der Waals surface area contributed by atoms with E-state index < -0.39 is 0 Å². The minimum absolute atomic E-state index is 1.11. The summed E-state index contributed by atoms with van der Waals surface area (Å²) in [5.74, 6) is 0. The van der Waals surface area contributed by atoms with Gasteiger partial charge < -0.3 is 9.80 Å². The van der Waals surface area contributed by atoms with Crippen LogP contribution in [0.1, 0.15) is 33.4 Å². The zero-order chi connectivity index (χ0) is 47.6. The number of benzene rings is 12. The Kier molecular flexibility index (Phi) is 10.6. The quantitative estimate of drug-likeness (QED) is 0.111. The Balaban J connectivity index is 1.25. The van der Waals surface area contributed by atoms with Gasteiger partial charge in [0, 0.05) is 34.1 Å². The van der Waals surface area contributed by atoms with Crippen LogP contribution in [0.2, 0.25) is 0 Å². The summed E-state index contributed by atoms with van der Waals surface area (Å²) < 4.78 is 0. The van der Waals surface area contributed by atoms with Crippen LogP contribution in [0.15, 0.2) is 218 Å². The summed E-state index contributed by atoms with van der Waals surface area (Å²) in [5.41, 5.74) is 19.0. The van der Waals surface area contributed by atoms with Crippen LogP contribution in [0, 0.1) is 41.5 Å². The van der Waals surface area contributed by atoms with E-state index in [9.17, 15) is 0 Å². The van der Waals surface area contributed by atoms with E-state index in [1.54, 1.807) is 0 Å². The monoisotopic (exact) mass is 898 g/mol. The molecule has 12 aromatic carbocycles. The lowest BCUT2D eigenvalue weighted by Crippen LogP contribution is -2.12. The Labute approximate surface area is 411 Å². The molecular formula is C68H54N2. The summed E-state index contributed by atoms with van der Waals surface area (Å²) >= 11 is 0. The second kappa shape index (κ2) is 17.3. The van der Waals surface area contributed by atoms with Gasteiger partial charge >= 0.3 is 0 Å². The average molecular weight is 899 g/mol. The Hall–Kier alpha value is -8.46. The van der Waals surface area contributed by atoms with Gasteiger partial charge in [-0.15, -0.1) is 0 Å². The number of rotatable bonds is 8. The third kappa shape index (κ3) is 7.45. The summed E-state index contributed by atoms with van der Waals surface area (Å²) in [4.78, 5) is 4.92. The van der Waals surface area contributed by atoms with Crippen molar-refractivity contribution in [1.29, 1.82) is 0 Å². The summed E-state index contributed by atoms with van der Waals surface area (Å²) in [6.07, 6.45) is 0. The number of nitrogens with zero attached hydrogens (tertiary/aromatic N) is 2. The van der Waals surface area contributed by atoms with Crippen molar-refractivity contribution in [3.8, 4) is 22.3 Å². The van der Waals surface area contributed by atoms with Crippen LogP contribution in [0.5, 0.6) is 0 Å². The first-order valence-electron chi connectivity index (χ1n) is 24.5. The van der Waals surface area contributed by atoms with Crippen LogP contribution < -0.4 is 9.80 Å². The highest BCUT2D eigenvalue weighted by Crippen LogP contribution is 2.50. The highest BCUT2D eigenvalue weighted by molar-refractivity contribution is 6.25. The van der Waals surface area contributed by atoms with Crippen molar-refractivity contribution in [2.45, 2.75) is 41.5 Å². The smallest absolute Gasteiger partial charge is 0.0493 e. The van der Waals surface area contributed by atoms with Crippen LogP contribution in [0.25, 0.3) is 76.1 Å². The molecule has 0 aliphatic rings. The number of hydrogen-bond donors (Lipinski definition) is 0. The normalized spacial score (nSPS) is 11.6. The minimum Gasteiger partial charge on any atom is -0.310 e. The van der Waals surface area contributed by atoms with Crippen molar-refractivity contribution in [1.82, 2.24) is 0 Å². The molecule has 0 bridgehead atoms. The van der Waals surface area contributed by atoms with E-state index in [-0.39, 0.29) is 0 Å². The fourth-order valence-electron chi connectivity index (χ4n) is 11.0. The first kappa shape index (κ1) is 42.9. The summed E-state index contributed by atoms with van der Waals surface area (Å²) in [6.45, 7) is 13.2. The van der Waals surface area contributed by atoms with E-state index in [1.807, 2.05) is 0 Å². The molecule has 0 aromatic heterocycles. The van der Waals surface area contributed by atoms with E-state index in [0.717, 1.165) is 22.7 Å². The lowest BCUT2D eigenvalue weighted by Gasteiger charge is -2.30. The molecule has 0 aliphatic heterocycles. The highest BCUT2D eigenvalue weighted by atomic mass is 15.1. The molecule has 12 aromatic rings. The molecule has 0 unspecified atom stereocenters. The number of aryl methyl sites for hydroxylation is 6. The molecule has 70 heavy (non-hydrogen) atoms. The molecule has 0 amide bonds. The molecular weight excluding hydrogens is 845 g/mol. The van der Waals surface area contributed by atoms with Crippen molar-refractivity contribution < 1.29 is 0 Å². The summed E-state index contributed by atoms with van der Waals surface area (Å²) in [6, 6.07) is 81.9. The molecule has 0 saturated carbocycles. The van der Waals surface area contributed by atoms with E-state index >= 15 is 0 Å². The average Bonchev–Trinajstić information content (AvgIpc) is 3.37. The van der Waals surface area contributed by atoms with Crippen molar-refractivity contribution in [3.05, 3.63) is 252 Å². The number of anilines is 6. The fourth-order valence-corrected chi connectivity index (χ4v) is 11.0. The summed E-state index contributed by atoms with van der Waals surface area (Å²) in [5, 5.41) is 12.2. The third-order valence-electron chi connectivity index (χ3n) is 14.4. The Bertz CT molecular complexity index is 4040. The SMILES string of the molecule is Cc1cccc(N(c2ccc3c(-c4cccc5ccccc45)c4cc(N(c5cccc(C)c5)c5cc(C)ccc5C)ccc4c(-c4ccc5ccc6ccccc6c5c4)c3c2)c2cc(C)ccc2C)c1. The van der Waals surface area contributed by atoms with Gasteiger partial charge in [-0.05, 0) is 218 Å². The standard InChI is InChI=1S/C68H54N2/c1-43-14-11-19-53(36-43)69(65-38-45(3)24-26-47(65)5)55-33-35-61-63(41-55)67(52-31-30-51-29-28-50-17-8-10-22-58(50)62(51)40-52)60-34-32-56(42-64(60)68(61)59-23-13-18-49-16-7-9-21-57(49)59)70(54-20-12-15-44(2)37-54)66-39-46(4)25-27-48(66)6/h7-42H,1-6H3. The van der Waals surface area contributed by atoms with Crippen LogP contribution in [-0.4, -0.2) is 0 Å². The second-order valence-corrected chi connectivity index (χ2v) is 19.4. The molecule has 0 heterocycles. The largest absolute Gasteiger partial charge is 0.310 e. The van der Waals surface area contributed by atoms with Gasteiger partial charge in [0.05, 0.1) is 0 Å². The molecule has 0 atom stereocenters. The molecule has 0 radical (unpaired) electrons. The minimum atomic E-state index is 1.11. The maximum Gasteiger partial charge on any atom is 0.0493 e. The van der Waals surface area contributed by atoms with Crippen molar-refractivity contribution >= 4 is 88.0 Å². The van der Waals surface area contributed by atoms with Crippen molar-refractivity contribution in [3.63, 3.8) is 0 Å². The fraction of sp³-hybridized carbons (Fsp3) is 0.0882. The first-order valence-corrected chi connectivity index (χ1v) is 24.5. The molecule has 336 valence electrons. The van der Waals surface area contributed by atoms with Crippen LogP contribution >= 0.6 is 0 Å².